The van der Waals surface area contributed by atoms with Crippen molar-refractivity contribution in [1.29, 1.82) is 0 Å². The lowest BCUT2D eigenvalue weighted by Gasteiger charge is -2.27. The molecule has 2 heterocycles. The van der Waals surface area contributed by atoms with Crippen molar-refractivity contribution in [3.8, 4) is 0 Å². The van der Waals surface area contributed by atoms with E-state index in [1.165, 1.54) is 0 Å². The number of rotatable bonds is 2. The van der Waals surface area contributed by atoms with Gasteiger partial charge in [-0.3, -0.25) is 4.79 Å². The number of imidazole rings is 1. The van der Waals surface area contributed by atoms with Crippen LogP contribution in [0.25, 0.3) is 0 Å². The molecule has 0 N–H and O–H groups in total. The van der Waals surface area contributed by atoms with Gasteiger partial charge in [0.25, 0.3) is 0 Å². The van der Waals surface area contributed by atoms with Crippen LogP contribution in [0.5, 0.6) is 0 Å². The first-order valence-electron chi connectivity index (χ1n) is 4.65. The number of aromatic nitrogens is 2. The molecule has 0 aromatic carbocycles. The molecule has 0 spiro atoms. The number of fused-ring (bicyclic) bond motifs is 1. The Hall–Kier alpha value is -0.840. The number of carbonyl (C=O) groups excluding carboxylic acids is 1. The van der Waals surface area contributed by atoms with E-state index >= 15 is 0 Å². The molecule has 0 fully saturated rings. The highest BCUT2D eigenvalue weighted by molar-refractivity contribution is 9.09. The Morgan fingerprint density at radius 2 is 2.43 bits per heavy atom. The van der Waals surface area contributed by atoms with E-state index in [4.69, 9.17) is 0 Å². The van der Waals surface area contributed by atoms with E-state index in [1.807, 2.05) is 11.1 Å². The van der Waals surface area contributed by atoms with Crippen LogP contribution in [0, 0.1) is 0 Å². The summed E-state index contributed by atoms with van der Waals surface area (Å²) < 4.78 is 2.10. The standard InChI is InChI=1S/C9H12BrN3O/c10-2-1-9(14)13-6-5-12-4-3-11-8(12)7-13/h3-4H,1-2,5-7H2. The highest BCUT2D eigenvalue weighted by atomic mass is 79.9. The first-order chi connectivity index (χ1) is 6.81. The molecule has 1 aliphatic heterocycles. The Morgan fingerprint density at radius 1 is 1.57 bits per heavy atom. The van der Waals surface area contributed by atoms with E-state index in [-0.39, 0.29) is 5.91 Å². The van der Waals surface area contributed by atoms with E-state index < -0.39 is 0 Å². The average molecular weight is 258 g/mol. The van der Waals surface area contributed by atoms with Crippen molar-refractivity contribution in [3.63, 3.8) is 0 Å². The van der Waals surface area contributed by atoms with Crippen molar-refractivity contribution < 1.29 is 4.79 Å². The van der Waals surface area contributed by atoms with Crippen molar-refractivity contribution >= 4 is 21.8 Å². The van der Waals surface area contributed by atoms with Crippen molar-refractivity contribution in [1.82, 2.24) is 14.5 Å². The smallest absolute Gasteiger partial charge is 0.223 e. The summed E-state index contributed by atoms with van der Waals surface area (Å²) in [6.07, 6.45) is 4.32. The van der Waals surface area contributed by atoms with Gasteiger partial charge in [0.05, 0.1) is 6.54 Å². The number of nitrogens with zero attached hydrogens (tertiary/aromatic N) is 3. The summed E-state index contributed by atoms with van der Waals surface area (Å²) in [5, 5.41) is 0.733. The normalized spacial score (nSPS) is 15.4. The van der Waals surface area contributed by atoms with Gasteiger partial charge >= 0.3 is 0 Å². The third kappa shape index (κ3) is 1.82. The van der Waals surface area contributed by atoms with E-state index in [0.29, 0.717) is 13.0 Å². The van der Waals surface area contributed by atoms with Gasteiger partial charge in [0.15, 0.2) is 0 Å². The molecule has 1 aromatic rings. The molecular weight excluding hydrogens is 246 g/mol. The molecule has 1 amide bonds. The van der Waals surface area contributed by atoms with Gasteiger partial charge in [-0.05, 0) is 0 Å². The molecule has 0 saturated carbocycles. The minimum Gasteiger partial charge on any atom is -0.333 e. The highest BCUT2D eigenvalue weighted by Gasteiger charge is 2.19. The Balaban J connectivity index is 2.04. The van der Waals surface area contributed by atoms with Crippen LogP contribution in [0.15, 0.2) is 12.4 Å². The molecule has 1 aliphatic rings. The fraction of sp³-hybridized carbons (Fsp3) is 0.556. The van der Waals surface area contributed by atoms with Gasteiger partial charge in [-0.2, -0.15) is 0 Å². The third-order valence-corrected chi connectivity index (χ3v) is 2.80. The fourth-order valence-electron chi connectivity index (χ4n) is 1.63. The second kappa shape index (κ2) is 4.13. The van der Waals surface area contributed by atoms with Crippen LogP contribution < -0.4 is 0 Å². The number of alkyl halides is 1. The Labute approximate surface area is 91.0 Å². The Kier molecular flexibility index (Phi) is 2.86. The number of hydrogen-bond acceptors (Lipinski definition) is 2. The maximum Gasteiger partial charge on any atom is 0.223 e. The summed E-state index contributed by atoms with van der Waals surface area (Å²) in [5.41, 5.74) is 0. The summed E-state index contributed by atoms with van der Waals surface area (Å²) in [7, 11) is 0. The third-order valence-electron chi connectivity index (χ3n) is 2.41. The summed E-state index contributed by atoms with van der Waals surface area (Å²) in [6.45, 7) is 2.32. The molecule has 0 radical (unpaired) electrons. The summed E-state index contributed by atoms with van der Waals surface area (Å²) in [6, 6.07) is 0. The summed E-state index contributed by atoms with van der Waals surface area (Å²) >= 11 is 3.27. The first kappa shape index (κ1) is 9.71. The van der Waals surface area contributed by atoms with E-state index in [2.05, 4.69) is 25.5 Å². The SMILES string of the molecule is O=C(CCBr)N1CCn2ccnc2C1. The quantitative estimate of drug-likeness (QED) is 0.742. The molecule has 1 aromatic heterocycles. The second-order valence-corrected chi connectivity index (χ2v) is 4.08. The van der Waals surface area contributed by atoms with E-state index in [9.17, 15) is 4.79 Å². The van der Waals surface area contributed by atoms with Crippen LogP contribution in [-0.2, 0) is 17.9 Å². The van der Waals surface area contributed by atoms with Gasteiger partial charge in [-0.1, -0.05) is 15.9 Å². The Bertz CT molecular complexity index is 337. The predicted molar refractivity (Wildman–Crippen MR) is 56.1 cm³/mol. The van der Waals surface area contributed by atoms with Gasteiger partial charge < -0.3 is 9.47 Å². The molecule has 0 aliphatic carbocycles. The lowest BCUT2D eigenvalue weighted by Crippen LogP contribution is -2.38. The molecular formula is C9H12BrN3O. The van der Waals surface area contributed by atoms with Crippen LogP contribution in [-0.4, -0.2) is 32.2 Å². The van der Waals surface area contributed by atoms with Crippen LogP contribution in [0.1, 0.15) is 12.2 Å². The maximum absolute atomic E-state index is 11.6. The average Bonchev–Trinajstić information content (AvgIpc) is 2.64. The molecule has 76 valence electrons. The second-order valence-electron chi connectivity index (χ2n) is 3.29. The predicted octanol–water partition coefficient (Wildman–Crippen LogP) is 1.01. The number of amides is 1. The fourth-order valence-corrected chi connectivity index (χ4v) is 1.96. The zero-order valence-electron chi connectivity index (χ0n) is 7.82. The number of carbonyl (C=O) groups is 1. The molecule has 2 rings (SSSR count). The van der Waals surface area contributed by atoms with Crippen LogP contribution in [0.4, 0.5) is 0 Å². The molecule has 0 unspecified atom stereocenters. The largest absolute Gasteiger partial charge is 0.333 e. The highest BCUT2D eigenvalue weighted by Crippen LogP contribution is 2.11. The van der Waals surface area contributed by atoms with Crippen LogP contribution in [0.3, 0.4) is 0 Å². The number of halogens is 1. The molecule has 0 saturated heterocycles. The van der Waals surface area contributed by atoms with Crippen molar-refractivity contribution in [3.05, 3.63) is 18.2 Å². The lowest BCUT2D eigenvalue weighted by molar-refractivity contribution is -0.132. The van der Waals surface area contributed by atoms with Gasteiger partial charge in [-0.25, -0.2) is 4.98 Å². The zero-order valence-corrected chi connectivity index (χ0v) is 9.40. The summed E-state index contributed by atoms with van der Waals surface area (Å²) in [4.78, 5) is 17.7. The van der Waals surface area contributed by atoms with Gasteiger partial charge in [0.2, 0.25) is 5.91 Å². The number of hydrogen-bond donors (Lipinski definition) is 0. The van der Waals surface area contributed by atoms with E-state index in [0.717, 1.165) is 24.2 Å². The van der Waals surface area contributed by atoms with Gasteiger partial charge in [0.1, 0.15) is 5.82 Å². The van der Waals surface area contributed by atoms with Gasteiger partial charge in [0, 0.05) is 37.2 Å². The van der Waals surface area contributed by atoms with E-state index in [1.54, 1.807) is 6.20 Å². The molecule has 4 nitrogen and oxygen atoms in total. The minimum atomic E-state index is 0.205. The first-order valence-corrected chi connectivity index (χ1v) is 5.77. The summed E-state index contributed by atoms with van der Waals surface area (Å²) in [5.74, 6) is 1.19. The molecule has 0 atom stereocenters. The Morgan fingerprint density at radius 3 is 3.21 bits per heavy atom. The van der Waals surface area contributed by atoms with Crippen molar-refractivity contribution in [2.45, 2.75) is 19.5 Å². The van der Waals surface area contributed by atoms with Crippen LogP contribution in [0.2, 0.25) is 0 Å². The van der Waals surface area contributed by atoms with Crippen molar-refractivity contribution in [2.24, 2.45) is 0 Å². The lowest BCUT2D eigenvalue weighted by atomic mass is 10.3. The van der Waals surface area contributed by atoms with Crippen molar-refractivity contribution in [2.75, 3.05) is 11.9 Å². The van der Waals surface area contributed by atoms with Gasteiger partial charge in [-0.15, -0.1) is 0 Å². The van der Waals surface area contributed by atoms with Crippen LogP contribution >= 0.6 is 15.9 Å². The minimum absolute atomic E-state index is 0.205. The zero-order chi connectivity index (χ0) is 9.97. The molecule has 5 heteroatoms. The topological polar surface area (TPSA) is 38.1 Å². The monoisotopic (exact) mass is 257 g/mol. The maximum atomic E-state index is 11.6. The molecule has 0 bridgehead atoms. The molecule has 14 heavy (non-hydrogen) atoms.